The lowest BCUT2D eigenvalue weighted by atomic mass is 10.0. The Kier molecular flexibility index (Phi) is 9.97. The monoisotopic (exact) mass is 321 g/mol. The molecule has 132 valence electrons. The summed E-state index contributed by atoms with van der Waals surface area (Å²) in [6.07, 6.45) is 7.45. The van der Waals surface area contributed by atoms with Crippen LogP contribution in [-0.2, 0) is 0 Å². The molecule has 3 nitrogen and oxygen atoms in total. The molecule has 0 heterocycles. The van der Waals surface area contributed by atoms with Crippen molar-refractivity contribution in [3.05, 3.63) is 29.8 Å². The van der Waals surface area contributed by atoms with Crippen LogP contribution in [0.4, 0.5) is 0 Å². The number of aliphatic hydroxyl groups is 1. The Hall–Kier alpha value is -1.06. The number of ether oxygens (including phenoxy) is 1. The Morgan fingerprint density at radius 3 is 2.17 bits per heavy atom. The van der Waals surface area contributed by atoms with Gasteiger partial charge in [-0.05, 0) is 51.4 Å². The quantitative estimate of drug-likeness (QED) is 0.541. The normalized spacial score (nSPS) is 14.0. The fourth-order valence-corrected chi connectivity index (χ4v) is 2.65. The summed E-state index contributed by atoms with van der Waals surface area (Å²) >= 11 is 0. The first kappa shape index (κ1) is 20.0. The smallest absolute Gasteiger partial charge is 0.119 e. The molecule has 0 aliphatic heterocycles. The SMILES string of the molecule is CCCCCCCCNC(C)C(O)c1ccc(OC(C)C)cc1. The number of benzene rings is 1. The molecule has 2 unspecified atom stereocenters. The van der Waals surface area contributed by atoms with Crippen molar-refractivity contribution in [3.63, 3.8) is 0 Å². The van der Waals surface area contributed by atoms with Crippen molar-refractivity contribution in [2.75, 3.05) is 6.54 Å². The maximum Gasteiger partial charge on any atom is 0.119 e. The highest BCUT2D eigenvalue weighted by molar-refractivity contribution is 5.29. The van der Waals surface area contributed by atoms with Gasteiger partial charge in [-0.1, -0.05) is 51.2 Å². The van der Waals surface area contributed by atoms with E-state index in [1.54, 1.807) is 0 Å². The van der Waals surface area contributed by atoms with E-state index in [2.05, 4.69) is 12.2 Å². The first-order valence-electron chi connectivity index (χ1n) is 9.22. The third-order valence-corrected chi connectivity index (χ3v) is 4.06. The fourth-order valence-electron chi connectivity index (χ4n) is 2.65. The van der Waals surface area contributed by atoms with E-state index in [1.165, 1.54) is 38.5 Å². The summed E-state index contributed by atoms with van der Waals surface area (Å²) < 4.78 is 5.63. The minimum atomic E-state index is -0.483. The van der Waals surface area contributed by atoms with Gasteiger partial charge in [0.2, 0.25) is 0 Å². The lowest BCUT2D eigenvalue weighted by Gasteiger charge is -2.21. The van der Waals surface area contributed by atoms with Gasteiger partial charge in [-0.15, -0.1) is 0 Å². The molecule has 2 N–H and O–H groups in total. The highest BCUT2D eigenvalue weighted by Gasteiger charge is 2.15. The molecule has 0 amide bonds. The van der Waals surface area contributed by atoms with Crippen LogP contribution in [0, 0.1) is 0 Å². The van der Waals surface area contributed by atoms with Crippen LogP contribution in [0.1, 0.15) is 77.9 Å². The standard InChI is InChI=1S/C20H35NO2/c1-5-6-7-8-9-10-15-21-17(4)20(22)18-11-13-19(14-12-18)23-16(2)3/h11-14,16-17,20-22H,5-10,15H2,1-4H3. The molecule has 1 aromatic rings. The number of rotatable bonds is 12. The van der Waals surface area contributed by atoms with Crippen LogP contribution >= 0.6 is 0 Å². The third kappa shape index (κ3) is 8.38. The van der Waals surface area contributed by atoms with Gasteiger partial charge in [-0.25, -0.2) is 0 Å². The first-order valence-corrected chi connectivity index (χ1v) is 9.22. The van der Waals surface area contributed by atoms with Crippen LogP contribution in [0.15, 0.2) is 24.3 Å². The van der Waals surface area contributed by atoms with Crippen LogP contribution in [0.25, 0.3) is 0 Å². The number of unbranched alkanes of at least 4 members (excludes halogenated alkanes) is 5. The van der Waals surface area contributed by atoms with E-state index >= 15 is 0 Å². The summed E-state index contributed by atoms with van der Waals surface area (Å²) in [7, 11) is 0. The largest absolute Gasteiger partial charge is 0.491 e. The van der Waals surface area contributed by atoms with E-state index in [0.29, 0.717) is 0 Å². The summed E-state index contributed by atoms with van der Waals surface area (Å²) in [5.74, 6) is 0.851. The summed E-state index contributed by atoms with van der Waals surface area (Å²) in [4.78, 5) is 0. The van der Waals surface area contributed by atoms with Crippen LogP contribution in [0.3, 0.4) is 0 Å². The van der Waals surface area contributed by atoms with E-state index in [4.69, 9.17) is 4.74 Å². The van der Waals surface area contributed by atoms with Gasteiger partial charge in [-0.3, -0.25) is 0 Å². The number of hydrogen-bond donors (Lipinski definition) is 2. The van der Waals surface area contributed by atoms with Crippen LogP contribution < -0.4 is 10.1 Å². The van der Waals surface area contributed by atoms with Crippen LogP contribution in [-0.4, -0.2) is 23.8 Å². The van der Waals surface area contributed by atoms with E-state index in [0.717, 1.165) is 17.9 Å². The lowest BCUT2D eigenvalue weighted by Crippen LogP contribution is -2.32. The van der Waals surface area contributed by atoms with Crippen molar-refractivity contribution in [2.45, 2.75) is 84.5 Å². The number of hydrogen-bond acceptors (Lipinski definition) is 3. The summed E-state index contributed by atoms with van der Waals surface area (Å²) in [5, 5.41) is 13.9. The van der Waals surface area contributed by atoms with Crippen LogP contribution in [0.2, 0.25) is 0 Å². The Morgan fingerprint density at radius 2 is 1.57 bits per heavy atom. The predicted octanol–water partition coefficient (Wildman–Crippen LogP) is 4.85. The van der Waals surface area contributed by atoms with Crippen molar-refractivity contribution < 1.29 is 9.84 Å². The minimum absolute atomic E-state index is 0.0579. The second kappa shape index (κ2) is 11.5. The number of aliphatic hydroxyl groups excluding tert-OH is 1. The van der Waals surface area contributed by atoms with Gasteiger partial charge in [0.15, 0.2) is 0 Å². The molecule has 23 heavy (non-hydrogen) atoms. The van der Waals surface area contributed by atoms with E-state index in [-0.39, 0.29) is 12.1 Å². The average molecular weight is 322 g/mol. The molecule has 0 saturated heterocycles. The topological polar surface area (TPSA) is 41.5 Å². The second-order valence-electron chi connectivity index (χ2n) is 6.69. The van der Waals surface area contributed by atoms with Gasteiger partial charge in [0.25, 0.3) is 0 Å². The van der Waals surface area contributed by atoms with Gasteiger partial charge in [0.1, 0.15) is 5.75 Å². The molecular formula is C20H35NO2. The molecule has 1 aromatic carbocycles. The second-order valence-corrected chi connectivity index (χ2v) is 6.69. The zero-order chi connectivity index (χ0) is 17.1. The molecule has 0 aliphatic carbocycles. The maximum absolute atomic E-state index is 10.4. The summed E-state index contributed by atoms with van der Waals surface area (Å²) in [5.41, 5.74) is 0.934. The van der Waals surface area contributed by atoms with Gasteiger partial charge in [0, 0.05) is 6.04 Å². The van der Waals surface area contributed by atoms with Crippen molar-refractivity contribution >= 4 is 0 Å². The van der Waals surface area contributed by atoms with Crippen molar-refractivity contribution in [2.24, 2.45) is 0 Å². The maximum atomic E-state index is 10.4. The summed E-state index contributed by atoms with van der Waals surface area (Å²) in [6.45, 7) is 9.28. The zero-order valence-corrected chi connectivity index (χ0v) is 15.3. The molecular weight excluding hydrogens is 286 g/mol. The Balaban J connectivity index is 2.28. The minimum Gasteiger partial charge on any atom is -0.491 e. The third-order valence-electron chi connectivity index (χ3n) is 4.06. The molecule has 2 atom stereocenters. The molecule has 0 radical (unpaired) electrons. The lowest BCUT2D eigenvalue weighted by molar-refractivity contribution is 0.136. The van der Waals surface area contributed by atoms with Crippen molar-refractivity contribution in [1.29, 1.82) is 0 Å². The molecule has 0 fully saturated rings. The highest BCUT2D eigenvalue weighted by Crippen LogP contribution is 2.21. The molecule has 0 saturated carbocycles. The van der Waals surface area contributed by atoms with E-state index in [9.17, 15) is 5.11 Å². The molecule has 0 aromatic heterocycles. The van der Waals surface area contributed by atoms with Gasteiger partial charge >= 0.3 is 0 Å². The predicted molar refractivity (Wildman–Crippen MR) is 98.0 cm³/mol. The van der Waals surface area contributed by atoms with E-state index in [1.807, 2.05) is 45.0 Å². The summed E-state index contributed by atoms with van der Waals surface area (Å²) in [6, 6.07) is 7.82. The fraction of sp³-hybridized carbons (Fsp3) is 0.700. The molecule has 0 aliphatic rings. The Morgan fingerprint density at radius 1 is 0.957 bits per heavy atom. The highest BCUT2D eigenvalue weighted by atomic mass is 16.5. The zero-order valence-electron chi connectivity index (χ0n) is 15.3. The van der Waals surface area contributed by atoms with Gasteiger partial charge in [-0.2, -0.15) is 0 Å². The van der Waals surface area contributed by atoms with E-state index < -0.39 is 6.10 Å². The van der Waals surface area contributed by atoms with Crippen molar-refractivity contribution in [3.8, 4) is 5.75 Å². The average Bonchev–Trinajstić information content (AvgIpc) is 2.53. The molecule has 0 spiro atoms. The molecule has 1 rings (SSSR count). The van der Waals surface area contributed by atoms with Crippen LogP contribution in [0.5, 0.6) is 5.75 Å². The van der Waals surface area contributed by atoms with Crippen molar-refractivity contribution in [1.82, 2.24) is 5.32 Å². The van der Waals surface area contributed by atoms with Gasteiger partial charge in [0.05, 0.1) is 12.2 Å². The Labute approximate surface area is 142 Å². The first-order chi connectivity index (χ1) is 11.0. The van der Waals surface area contributed by atoms with Gasteiger partial charge < -0.3 is 15.2 Å². The Bertz CT molecular complexity index is 403. The molecule has 0 bridgehead atoms. The molecule has 3 heteroatoms. The number of nitrogens with one attached hydrogen (secondary N) is 1.